The molecular formula is C14H16BrN3O3S2. The summed E-state index contributed by atoms with van der Waals surface area (Å²) in [6, 6.07) is 4.55. The summed E-state index contributed by atoms with van der Waals surface area (Å²) in [7, 11) is -3.54. The van der Waals surface area contributed by atoms with Gasteiger partial charge in [0.15, 0.2) is 5.17 Å². The standard InChI is InChI=1S/C14H16BrN3O3S2/c15-12-4-3-10(23(20,21)18-6-1-2-7-18)9-11(12)13(19)17-14-16-5-8-22-14/h3-4,9H,1-2,5-8H2,(H,16,17,19). The van der Waals surface area contributed by atoms with Crippen LogP contribution in [0.3, 0.4) is 0 Å². The Morgan fingerprint density at radius 1 is 1.30 bits per heavy atom. The molecule has 2 heterocycles. The zero-order valence-corrected chi connectivity index (χ0v) is 15.5. The van der Waals surface area contributed by atoms with Crippen LogP contribution in [-0.4, -0.2) is 49.2 Å². The van der Waals surface area contributed by atoms with Crippen LogP contribution in [0, 0.1) is 0 Å². The van der Waals surface area contributed by atoms with Gasteiger partial charge in [0, 0.05) is 23.3 Å². The van der Waals surface area contributed by atoms with Crippen molar-refractivity contribution in [3.63, 3.8) is 0 Å². The van der Waals surface area contributed by atoms with Gasteiger partial charge < -0.3 is 5.32 Å². The Balaban J connectivity index is 1.88. The van der Waals surface area contributed by atoms with Crippen molar-refractivity contribution in [2.75, 3.05) is 25.4 Å². The summed E-state index contributed by atoms with van der Waals surface area (Å²) in [6.45, 7) is 1.76. The topological polar surface area (TPSA) is 78.8 Å². The number of hydrogen-bond donors (Lipinski definition) is 1. The van der Waals surface area contributed by atoms with Crippen LogP contribution in [0.2, 0.25) is 0 Å². The van der Waals surface area contributed by atoms with Crippen LogP contribution < -0.4 is 5.32 Å². The van der Waals surface area contributed by atoms with Crippen LogP contribution in [-0.2, 0) is 10.0 Å². The van der Waals surface area contributed by atoms with E-state index in [4.69, 9.17) is 0 Å². The first-order valence-electron chi connectivity index (χ1n) is 7.27. The summed E-state index contributed by atoms with van der Waals surface area (Å²) in [5.74, 6) is 0.490. The number of nitrogens with one attached hydrogen (secondary N) is 1. The van der Waals surface area contributed by atoms with E-state index < -0.39 is 10.0 Å². The summed E-state index contributed by atoms with van der Waals surface area (Å²) in [5.41, 5.74) is 0.292. The second-order valence-electron chi connectivity index (χ2n) is 5.24. The minimum absolute atomic E-state index is 0.147. The van der Waals surface area contributed by atoms with E-state index in [0.29, 0.717) is 34.8 Å². The fourth-order valence-electron chi connectivity index (χ4n) is 2.49. The molecule has 0 saturated carbocycles. The molecule has 1 N–H and O–H groups in total. The van der Waals surface area contributed by atoms with Gasteiger partial charge in [-0.05, 0) is 47.0 Å². The second-order valence-corrected chi connectivity index (χ2v) is 9.12. The molecule has 0 spiro atoms. The van der Waals surface area contributed by atoms with Gasteiger partial charge in [0.2, 0.25) is 10.0 Å². The third-order valence-corrected chi connectivity index (χ3v) is 7.17. The van der Waals surface area contributed by atoms with Gasteiger partial charge in [-0.1, -0.05) is 11.8 Å². The molecule has 9 heteroatoms. The highest BCUT2D eigenvalue weighted by molar-refractivity contribution is 9.10. The fourth-order valence-corrected chi connectivity index (χ4v) is 5.19. The summed E-state index contributed by atoms with van der Waals surface area (Å²) >= 11 is 4.79. The Kier molecular flexibility index (Phi) is 5.10. The molecule has 23 heavy (non-hydrogen) atoms. The second kappa shape index (κ2) is 6.92. The van der Waals surface area contributed by atoms with E-state index in [9.17, 15) is 13.2 Å². The SMILES string of the molecule is O=C(NC1=NCCS1)c1cc(S(=O)(=O)N2CCCC2)ccc1Br. The molecule has 1 amide bonds. The van der Waals surface area contributed by atoms with Crippen LogP contribution in [0.15, 0.2) is 32.6 Å². The van der Waals surface area contributed by atoms with Crippen LogP contribution in [0.4, 0.5) is 0 Å². The molecule has 6 nitrogen and oxygen atoms in total. The zero-order chi connectivity index (χ0) is 16.4. The van der Waals surface area contributed by atoms with Crippen molar-refractivity contribution in [2.24, 2.45) is 4.99 Å². The molecule has 2 aliphatic rings. The molecule has 3 rings (SSSR count). The molecule has 0 bridgehead atoms. The predicted octanol–water partition coefficient (Wildman–Crippen LogP) is 2.07. The molecule has 0 aromatic heterocycles. The number of sulfonamides is 1. The molecule has 0 radical (unpaired) electrons. The lowest BCUT2D eigenvalue weighted by Crippen LogP contribution is -2.30. The fraction of sp³-hybridized carbons (Fsp3) is 0.429. The monoisotopic (exact) mass is 417 g/mol. The molecule has 0 unspecified atom stereocenters. The highest BCUT2D eigenvalue weighted by Gasteiger charge is 2.28. The lowest BCUT2D eigenvalue weighted by molar-refractivity contribution is 0.0977. The number of amidine groups is 1. The molecular weight excluding hydrogens is 402 g/mol. The maximum Gasteiger partial charge on any atom is 0.258 e. The first-order chi connectivity index (χ1) is 11.0. The smallest absolute Gasteiger partial charge is 0.258 e. The lowest BCUT2D eigenvalue weighted by Gasteiger charge is -2.16. The molecule has 1 aromatic rings. The first-order valence-corrected chi connectivity index (χ1v) is 10.5. The van der Waals surface area contributed by atoms with Gasteiger partial charge in [-0.25, -0.2) is 8.42 Å². The Bertz CT molecular complexity index is 759. The van der Waals surface area contributed by atoms with Gasteiger partial charge >= 0.3 is 0 Å². The Morgan fingerprint density at radius 3 is 2.70 bits per heavy atom. The van der Waals surface area contributed by atoms with E-state index in [1.807, 2.05) is 0 Å². The number of halogens is 1. The third-order valence-electron chi connectivity index (χ3n) is 3.69. The van der Waals surface area contributed by atoms with E-state index in [0.717, 1.165) is 18.6 Å². The van der Waals surface area contributed by atoms with E-state index in [2.05, 4.69) is 26.2 Å². The molecule has 0 atom stereocenters. The van der Waals surface area contributed by atoms with Crippen LogP contribution >= 0.6 is 27.7 Å². The predicted molar refractivity (Wildman–Crippen MR) is 94.4 cm³/mol. The number of benzene rings is 1. The molecule has 2 aliphatic heterocycles. The highest BCUT2D eigenvalue weighted by atomic mass is 79.9. The number of aliphatic imine (C=N–C) groups is 1. The Hall–Kier alpha value is -0.900. The Labute approximate surface area is 147 Å². The number of rotatable bonds is 3. The molecule has 124 valence electrons. The van der Waals surface area contributed by atoms with Crippen LogP contribution in [0.5, 0.6) is 0 Å². The minimum Gasteiger partial charge on any atom is -0.301 e. The van der Waals surface area contributed by atoms with E-state index in [1.54, 1.807) is 6.07 Å². The average Bonchev–Trinajstić information content (AvgIpc) is 3.20. The van der Waals surface area contributed by atoms with Crippen molar-refractivity contribution >= 4 is 48.8 Å². The summed E-state index contributed by atoms with van der Waals surface area (Å²) < 4.78 is 27.3. The molecule has 1 saturated heterocycles. The van der Waals surface area contributed by atoms with Crippen molar-refractivity contribution in [3.8, 4) is 0 Å². The van der Waals surface area contributed by atoms with Crippen molar-refractivity contribution in [2.45, 2.75) is 17.7 Å². The van der Waals surface area contributed by atoms with E-state index >= 15 is 0 Å². The van der Waals surface area contributed by atoms with Crippen molar-refractivity contribution < 1.29 is 13.2 Å². The average molecular weight is 418 g/mol. The van der Waals surface area contributed by atoms with Crippen molar-refractivity contribution in [3.05, 3.63) is 28.2 Å². The minimum atomic E-state index is -3.54. The normalized spacial score (nSPS) is 18.9. The van der Waals surface area contributed by atoms with Crippen LogP contribution in [0.1, 0.15) is 23.2 Å². The van der Waals surface area contributed by atoms with Gasteiger partial charge in [-0.15, -0.1) is 0 Å². The summed E-state index contributed by atoms with van der Waals surface area (Å²) in [6.07, 6.45) is 1.75. The number of amides is 1. The van der Waals surface area contributed by atoms with E-state index in [-0.39, 0.29) is 10.8 Å². The van der Waals surface area contributed by atoms with Gasteiger partial charge in [0.25, 0.3) is 5.91 Å². The first kappa shape index (κ1) is 16.9. The zero-order valence-electron chi connectivity index (χ0n) is 12.3. The maximum absolute atomic E-state index is 12.6. The number of hydrogen-bond acceptors (Lipinski definition) is 5. The molecule has 1 fully saturated rings. The maximum atomic E-state index is 12.6. The lowest BCUT2D eigenvalue weighted by atomic mass is 10.2. The number of carbonyl (C=O) groups excluding carboxylic acids is 1. The highest BCUT2D eigenvalue weighted by Crippen LogP contribution is 2.25. The van der Waals surface area contributed by atoms with Gasteiger partial charge in [-0.3, -0.25) is 9.79 Å². The summed E-state index contributed by atoms with van der Waals surface area (Å²) in [5, 5.41) is 3.30. The largest absolute Gasteiger partial charge is 0.301 e. The Morgan fingerprint density at radius 2 is 2.04 bits per heavy atom. The molecule has 0 aliphatic carbocycles. The van der Waals surface area contributed by atoms with Crippen LogP contribution in [0.25, 0.3) is 0 Å². The quantitative estimate of drug-likeness (QED) is 0.815. The number of thioether (sulfide) groups is 1. The van der Waals surface area contributed by atoms with Crippen molar-refractivity contribution in [1.29, 1.82) is 0 Å². The number of carbonyl (C=O) groups is 1. The van der Waals surface area contributed by atoms with E-state index in [1.165, 1.54) is 28.2 Å². The van der Waals surface area contributed by atoms with Crippen molar-refractivity contribution in [1.82, 2.24) is 9.62 Å². The van der Waals surface area contributed by atoms with Gasteiger partial charge in [0.05, 0.1) is 17.0 Å². The third kappa shape index (κ3) is 3.62. The van der Waals surface area contributed by atoms with Gasteiger partial charge in [-0.2, -0.15) is 4.31 Å². The number of nitrogens with zero attached hydrogens (tertiary/aromatic N) is 2. The summed E-state index contributed by atoms with van der Waals surface area (Å²) in [4.78, 5) is 16.7. The molecule has 1 aromatic carbocycles. The van der Waals surface area contributed by atoms with Gasteiger partial charge in [0.1, 0.15) is 0 Å².